The smallest absolute Gasteiger partial charge is 0.490 e. The first-order chi connectivity index (χ1) is 22.3. The van der Waals surface area contributed by atoms with E-state index in [0.29, 0.717) is 12.8 Å². The Hall–Kier alpha value is -5.17. The lowest BCUT2D eigenvalue weighted by Gasteiger charge is -2.51. The quantitative estimate of drug-likeness (QED) is 0.255. The molecule has 0 radical (unpaired) electrons. The van der Waals surface area contributed by atoms with Crippen LogP contribution in [0.15, 0.2) is 96.3 Å². The number of rotatable bonds is 8. The molecule has 0 bridgehead atoms. The average Bonchev–Trinajstić information content (AvgIpc) is 3.04. The first-order valence-corrected chi connectivity index (χ1v) is 14.7. The zero-order valence-electron chi connectivity index (χ0n) is 25.2. The molecule has 3 aromatic rings. The van der Waals surface area contributed by atoms with E-state index < -0.39 is 42.0 Å². The Labute approximate surface area is 268 Å². The van der Waals surface area contributed by atoms with E-state index in [4.69, 9.17) is 15.0 Å². The van der Waals surface area contributed by atoms with Crippen LogP contribution in [0.3, 0.4) is 0 Å². The third kappa shape index (κ3) is 8.97. The maximum atomic E-state index is 13.8. The number of aliphatic hydroxyl groups excluding tert-OH is 1. The summed E-state index contributed by atoms with van der Waals surface area (Å²) in [6, 6.07) is 28.2. The maximum Gasteiger partial charge on any atom is 0.490 e. The molecule has 2 heterocycles. The lowest BCUT2D eigenvalue weighted by Crippen LogP contribution is -2.60. The molecule has 1 saturated heterocycles. The second-order valence-corrected chi connectivity index (χ2v) is 11.3. The number of piperidine rings is 1. The van der Waals surface area contributed by atoms with Gasteiger partial charge in [0, 0.05) is 32.6 Å². The number of halogens is 3. The molecule has 10 nitrogen and oxygen atoms in total. The number of hydrogen-bond donors (Lipinski definition) is 4. The maximum absolute atomic E-state index is 13.8. The average molecular weight is 654 g/mol. The molecule has 0 atom stereocenters. The van der Waals surface area contributed by atoms with Gasteiger partial charge in [-0.25, -0.2) is 4.79 Å². The molecule has 248 valence electrons. The van der Waals surface area contributed by atoms with Crippen molar-refractivity contribution in [1.82, 2.24) is 15.1 Å². The summed E-state index contributed by atoms with van der Waals surface area (Å²) in [5.74, 6) is -5.71. The van der Waals surface area contributed by atoms with Crippen molar-refractivity contribution in [3.8, 4) is 11.1 Å². The number of aliphatic hydroxyl groups is 1. The highest BCUT2D eigenvalue weighted by atomic mass is 19.4. The van der Waals surface area contributed by atoms with Crippen LogP contribution >= 0.6 is 0 Å². The van der Waals surface area contributed by atoms with Gasteiger partial charge in [0.1, 0.15) is 17.9 Å². The number of hydrogen-bond acceptors (Lipinski definition) is 6. The molecular formula is C34H34F3N3O7. The summed E-state index contributed by atoms with van der Waals surface area (Å²) >= 11 is 0. The van der Waals surface area contributed by atoms with E-state index in [-0.39, 0.29) is 24.3 Å². The number of nitrogens with zero attached hydrogens (tertiary/aromatic N) is 2. The van der Waals surface area contributed by atoms with Crippen molar-refractivity contribution in [3.05, 3.63) is 107 Å². The predicted octanol–water partition coefficient (Wildman–Crippen LogP) is 4.77. The van der Waals surface area contributed by atoms with Crippen molar-refractivity contribution in [3.63, 3.8) is 0 Å². The number of likely N-dealkylation sites (tertiary alicyclic amines) is 1. The van der Waals surface area contributed by atoms with Crippen molar-refractivity contribution < 1.29 is 47.7 Å². The molecule has 5 rings (SSSR count). The molecular weight excluding hydrogens is 619 g/mol. The molecule has 2 aliphatic heterocycles. The normalized spacial score (nSPS) is 16.3. The van der Waals surface area contributed by atoms with Crippen LogP contribution in [0.1, 0.15) is 30.4 Å². The van der Waals surface area contributed by atoms with Gasteiger partial charge in [-0.15, -0.1) is 0 Å². The summed E-state index contributed by atoms with van der Waals surface area (Å²) in [5, 5.41) is 29.3. The molecule has 0 unspecified atom stereocenters. The zero-order valence-corrected chi connectivity index (χ0v) is 25.2. The van der Waals surface area contributed by atoms with E-state index >= 15 is 0 Å². The van der Waals surface area contributed by atoms with Crippen LogP contribution in [0.5, 0.6) is 0 Å². The minimum absolute atomic E-state index is 0.149. The van der Waals surface area contributed by atoms with Crippen LogP contribution in [-0.2, 0) is 32.3 Å². The van der Waals surface area contributed by atoms with Gasteiger partial charge in [-0.05, 0) is 35.1 Å². The largest absolute Gasteiger partial charge is 0.511 e. The topological polar surface area (TPSA) is 147 Å². The summed E-state index contributed by atoms with van der Waals surface area (Å²) in [6.07, 6.45) is -3.65. The summed E-state index contributed by atoms with van der Waals surface area (Å²) in [5.41, 5.74) is 3.25. The Bertz CT molecular complexity index is 1600. The Morgan fingerprint density at radius 2 is 1.30 bits per heavy atom. The van der Waals surface area contributed by atoms with Crippen molar-refractivity contribution >= 4 is 23.8 Å². The van der Waals surface area contributed by atoms with Crippen LogP contribution in [0.2, 0.25) is 0 Å². The standard InChI is InChI=1S/C32H33N3O5.C2HF3O2/c36-27-19-32(15-17-34(18-16-32)21-23-7-3-1-4-8-23)35(31(40)29(27)30(39)33-20-28(37)38)22-24-11-13-26(14-12-24)25-9-5-2-6-10-25;3-2(4,5)1(6)7/h1-14,36H,15-22H2,(H,33,39)(H,37,38);(H,6,7). The number of carboxylic acids is 2. The van der Waals surface area contributed by atoms with Gasteiger partial charge < -0.3 is 25.5 Å². The second kappa shape index (κ2) is 14.9. The third-order valence-corrected chi connectivity index (χ3v) is 8.12. The van der Waals surface area contributed by atoms with Crippen molar-refractivity contribution in [2.75, 3.05) is 19.6 Å². The van der Waals surface area contributed by atoms with E-state index in [2.05, 4.69) is 22.3 Å². The van der Waals surface area contributed by atoms with Gasteiger partial charge in [0.05, 0.1) is 5.54 Å². The van der Waals surface area contributed by atoms with E-state index in [1.165, 1.54) is 5.56 Å². The molecule has 4 N–H and O–H groups in total. The van der Waals surface area contributed by atoms with E-state index in [0.717, 1.165) is 36.3 Å². The fraction of sp³-hybridized carbons (Fsp3) is 0.294. The fourth-order valence-corrected chi connectivity index (χ4v) is 5.71. The van der Waals surface area contributed by atoms with Crippen molar-refractivity contribution in [2.45, 2.75) is 44.1 Å². The summed E-state index contributed by atoms with van der Waals surface area (Å²) in [7, 11) is 0. The van der Waals surface area contributed by atoms with E-state index in [9.17, 15) is 32.7 Å². The summed E-state index contributed by atoms with van der Waals surface area (Å²) < 4.78 is 31.7. The van der Waals surface area contributed by atoms with Gasteiger partial charge in [-0.1, -0.05) is 84.9 Å². The monoisotopic (exact) mass is 653 g/mol. The number of benzene rings is 3. The number of carbonyl (C=O) groups is 4. The lowest BCUT2D eigenvalue weighted by atomic mass is 9.77. The lowest BCUT2D eigenvalue weighted by molar-refractivity contribution is -0.192. The third-order valence-electron chi connectivity index (χ3n) is 8.12. The summed E-state index contributed by atoms with van der Waals surface area (Å²) in [4.78, 5) is 50.6. The first-order valence-electron chi connectivity index (χ1n) is 14.7. The number of aliphatic carboxylic acids is 2. The van der Waals surface area contributed by atoms with Crippen molar-refractivity contribution in [1.29, 1.82) is 0 Å². The van der Waals surface area contributed by atoms with Crippen molar-refractivity contribution in [2.24, 2.45) is 0 Å². The highest BCUT2D eigenvalue weighted by molar-refractivity contribution is 6.19. The zero-order chi connectivity index (χ0) is 34.2. The van der Waals surface area contributed by atoms with E-state index in [1.807, 2.05) is 72.8 Å². The van der Waals surface area contributed by atoms with Crippen LogP contribution in [0, 0.1) is 0 Å². The van der Waals surface area contributed by atoms with E-state index in [1.54, 1.807) is 4.90 Å². The summed E-state index contributed by atoms with van der Waals surface area (Å²) in [6.45, 7) is 1.91. The highest BCUT2D eigenvalue weighted by Crippen LogP contribution is 2.41. The highest BCUT2D eigenvalue weighted by Gasteiger charge is 2.49. The molecule has 13 heteroatoms. The van der Waals surface area contributed by atoms with Crippen LogP contribution < -0.4 is 5.32 Å². The minimum atomic E-state index is -5.08. The van der Waals surface area contributed by atoms with Crippen LogP contribution in [0.25, 0.3) is 11.1 Å². The first kappa shape index (κ1) is 34.7. The fourth-order valence-electron chi connectivity index (χ4n) is 5.71. The predicted molar refractivity (Wildman–Crippen MR) is 165 cm³/mol. The Morgan fingerprint density at radius 3 is 1.83 bits per heavy atom. The second-order valence-electron chi connectivity index (χ2n) is 11.3. The molecule has 3 aromatic carbocycles. The number of alkyl halides is 3. The Morgan fingerprint density at radius 1 is 0.787 bits per heavy atom. The van der Waals surface area contributed by atoms with Crippen LogP contribution in [0.4, 0.5) is 13.2 Å². The van der Waals surface area contributed by atoms with Gasteiger partial charge in [-0.3, -0.25) is 19.3 Å². The SMILES string of the molecule is O=C(O)C(F)(F)F.O=C(O)CNC(=O)C1=C(O)CC2(CCN(Cc3ccccc3)CC2)N(Cc2ccc(-c3ccccc3)cc2)C1=O. The van der Waals surface area contributed by atoms with Gasteiger partial charge in [0.2, 0.25) is 0 Å². The number of carboxylic acid groups (broad SMARTS) is 2. The minimum Gasteiger partial charge on any atom is -0.511 e. The number of carbonyl (C=O) groups excluding carboxylic acids is 2. The van der Waals surface area contributed by atoms with Gasteiger partial charge in [-0.2, -0.15) is 13.2 Å². The van der Waals surface area contributed by atoms with Gasteiger partial charge in [0.25, 0.3) is 11.8 Å². The van der Waals surface area contributed by atoms with Gasteiger partial charge >= 0.3 is 18.1 Å². The van der Waals surface area contributed by atoms with Crippen LogP contribution in [-0.4, -0.2) is 80.2 Å². The van der Waals surface area contributed by atoms with Gasteiger partial charge in [0.15, 0.2) is 0 Å². The number of nitrogens with one attached hydrogen (secondary N) is 1. The molecule has 0 aromatic heterocycles. The Kier molecular flexibility index (Phi) is 11.0. The molecule has 0 saturated carbocycles. The molecule has 1 spiro atoms. The molecule has 1 fully saturated rings. The molecule has 47 heavy (non-hydrogen) atoms. The Balaban J connectivity index is 0.000000644. The molecule has 2 amide bonds. The molecule has 0 aliphatic carbocycles. The molecule has 2 aliphatic rings. The number of amides is 2.